The van der Waals surface area contributed by atoms with E-state index >= 15 is 0 Å². The summed E-state index contributed by atoms with van der Waals surface area (Å²) in [6, 6.07) is 0. The standard InChI is InChI=1S/CH4.Co.2H2O/h1H4;;2*1H2. The Hall–Kier alpha value is 0.426. The molecule has 0 saturated carbocycles. The van der Waals surface area contributed by atoms with E-state index in [1.165, 1.54) is 0 Å². The molecular formula is CH8CoO2. The molecule has 4 N–H and O–H groups in total. The molecule has 0 heterocycles. The Labute approximate surface area is 36.0 Å². The normalized spacial score (nSPS) is 0. The Kier molecular flexibility index (Phi) is 7920. The van der Waals surface area contributed by atoms with Crippen molar-refractivity contribution in [2.45, 2.75) is 7.43 Å². The third kappa shape index (κ3) is 27.1. The van der Waals surface area contributed by atoms with Crippen LogP contribution in [0.4, 0.5) is 0 Å². The first kappa shape index (κ1) is 286. The molecule has 0 fully saturated rings. The van der Waals surface area contributed by atoms with Crippen LogP contribution in [-0.4, -0.2) is 11.0 Å². The smallest absolute Gasteiger partial charge is 0 e. The van der Waals surface area contributed by atoms with E-state index in [2.05, 4.69) is 0 Å². The van der Waals surface area contributed by atoms with Gasteiger partial charge in [0.15, 0.2) is 0 Å². The Morgan fingerprint density at radius 3 is 0.750 bits per heavy atom. The second-order valence-electron chi connectivity index (χ2n) is 0. The van der Waals surface area contributed by atoms with Crippen LogP contribution >= 0.6 is 0 Å². The van der Waals surface area contributed by atoms with Gasteiger partial charge in [-0.15, -0.1) is 0 Å². The van der Waals surface area contributed by atoms with Crippen LogP contribution in [0.15, 0.2) is 0 Å². The van der Waals surface area contributed by atoms with Crippen LogP contribution in [0.1, 0.15) is 7.43 Å². The zero-order valence-corrected chi connectivity index (χ0v) is 2.37. The van der Waals surface area contributed by atoms with Gasteiger partial charge in [0.1, 0.15) is 0 Å². The maximum Gasteiger partial charge on any atom is 0 e. The van der Waals surface area contributed by atoms with Gasteiger partial charge in [-0.2, -0.15) is 0 Å². The van der Waals surface area contributed by atoms with E-state index in [1.54, 1.807) is 0 Å². The third-order valence-corrected chi connectivity index (χ3v) is 0. The molecule has 0 amide bonds. The molecule has 4 heavy (non-hydrogen) atoms. The Morgan fingerprint density at radius 2 is 0.750 bits per heavy atom. The minimum Gasteiger partial charge on any atom is -0.412 e. The number of rotatable bonds is 0. The molecule has 2 nitrogen and oxygen atoms in total. The number of hydrogen-bond acceptors (Lipinski definition) is 0. The Balaban J connectivity index is 0. The zero-order chi connectivity index (χ0) is 0. The van der Waals surface area contributed by atoms with Crippen molar-refractivity contribution in [3.8, 4) is 0 Å². The van der Waals surface area contributed by atoms with Crippen molar-refractivity contribution in [1.29, 1.82) is 0 Å². The summed E-state index contributed by atoms with van der Waals surface area (Å²) in [4.78, 5) is 0. The van der Waals surface area contributed by atoms with Crippen LogP contribution in [0.2, 0.25) is 0 Å². The van der Waals surface area contributed by atoms with Crippen LogP contribution in [0.5, 0.6) is 0 Å². The monoisotopic (exact) mass is 111 g/mol. The van der Waals surface area contributed by atoms with Crippen molar-refractivity contribution in [3.63, 3.8) is 0 Å². The van der Waals surface area contributed by atoms with Gasteiger partial charge in [-0.1, -0.05) is 7.43 Å². The second-order valence-corrected chi connectivity index (χ2v) is 0. The van der Waals surface area contributed by atoms with Crippen molar-refractivity contribution in [1.82, 2.24) is 0 Å². The largest absolute Gasteiger partial charge is 0.412 e. The quantitative estimate of drug-likeness (QED) is 0.384. The molecule has 1 radical (unpaired) electrons. The van der Waals surface area contributed by atoms with E-state index in [9.17, 15) is 0 Å². The predicted molar refractivity (Wildman–Crippen MR) is 14.0 cm³/mol. The third-order valence-electron chi connectivity index (χ3n) is 0. The topological polar surface area (TPSA) is 63.0 Å². The van der Waals surface area contributed by atoms with Crippen LogP contribution < -0.4 is 0 Å². The van der Waals surface area contributed by atoms with Gasteiger partial charge >= 0.3 is 0 Å². The summed E-state index contributed by atoms with van der Waals surface area (Å²) >= 11 is 0. The van der Waals surface area contributed by atoms with E-state index in [4.69, 9.17) is 0 Å². The molecule has 0 saturated heterocycles. The van der Waals surface area contributed by atoms with Crippen LogP contribution in [-0.2, 0) is 16.8 Å². The average Bonchev–Trinajstić information content (AvgIpc) is 0. The van der Waals surface area contributed by atoms with Gasteiger partial charge in [0.2, 0.25) is 0 Å². The van der Waals surface area contributed by atoms with Crippen molar-refractivity contribution in [2.24, 2.45) is 0 Å². The first-order valence-corrected chi connectivity index (χ1v) is 0. The minimum atomic E-state index is 0. The predicted octanol–water partition coefficient (Wildman–Crippen LogP) is -1.02. The molecule has 3 heteroatoms. The molecule has 0 aromatic heterocycles. The van der Waals surface area contributed by atoms with Crippen LogP contribution in [0.25, 0.3) is 0 Å². The minimum absolute atomic E-state index is 0. The summed E-state index contributed by atoms with van der Waals surface area (Å²) < 4.78 is 0. The van der Waals surface area contributed by atoms with E-state index in [-0.39, 0.29) is 35.2 Å². The second kappa shape index (κ2) is 111. The fourth-order valence-corrected chi connectivity index (χ4v) is 0. The molecule has 0 unspecified atom stereocenters. The zero-order valence-electron chi connectivity index (χ0n) is 1.33. The van der Waals surface area contributed by atoms with Gasteiger partial charge in [-0.3, -0.25) is 0 Å². The fourth-order valence-electron chi connectivity index (χ4n) is 0. The molecule has 33 valence electrons. The van der Waals surface area contributed by atoms with Gasteiger partial charge in [0.25, 0.3) is 0 Å². The summed E-state index contributed by atoms with van der Waals surface area (Å²) in [6.45, 7) is 0. The summed E-state index contributed by atoms with van der Waals surface area (Å²) in [5.41, 5.74) is 0. The van der Waals surface area contributed by atoms with Gasteiger partial charge in [0.05, 0.1) is 0 Å². The molecule has 0 spiro atoms. The molecular weight excluding hydrogens is 103 g/mol. The maximum atomic E-state index is 0. The molecule has 0 rings (SSSR count). The summed E-state index contributed by atoms with van der Waals surface area (Å²) in [6.07, 6.45) is 0. The van der Waals surface area contributed by atoms with E-state index in [0.717, 1.165) is 0 Å². The van der Waals surface area contributed by atoms with E-state index in [0.29, 0.717) is 0 Å². The van der Waals surface area contributed by atoms with Crippen LogP contribution in [0.3, 0.4) is 0 Å². The Morgan fingerprint density at radius 1 is 0.750 bits per heavy atom. The molecule has 0 aliphatic rings. The molecule has 0 aliphatic heterocycles. The molecule has 0 aliphatic carbocycles. The Bertz CT molecular complexity index is 6.00. The van der Waals surface area contributed by atoms with Gasteiger partial charge in [0, 0.05) is 16.8 Å². The molecule has 0 aromatic rings. The first-order valence-electron chi connectivity index (χ1n) is 0. The van der Waals surface area contributed by atoms with Gasteiger partial charge < -0.3 is 11.0 Å². The molecule has 0 atom stereocenters. The number of hydrogen-bond donors (Lipinski definition) is 0. The van der Waals surface area contributed by atoms with Crippen molar-refractivity contribution >= 4 is 0 Å². The van der Waals surface area contributed by atoms with Crippen LogP contribution in [0, 0.1) is 0 Å². The molecule has 0 bridgehead atoms. The molecule has 0 aromatic carbocycles. The van der Waals surface area contributed by atoms with Gasteiger partial charge in [-0.25, -0.2) is 0 Å². The maximum absolute atomic E-state index is 0. The summed E-state index contributed by atoms with van der Waals surface area (Å²) in [5, 5.41) is 0. The van der Waals surface area contributed by atoms with Crippen molar-refractivity contribution in [2.75, 3.05) is 0 Å². The first-order chi connectivity index (χ1) is 0. The summed E-state index contributed by atoms with van der Waals surface area (Å²) in [7, 11) is 0. The fraction of sp³-hybridized carbons (Fsp3) is 1.00. The van der Waals surface area contributed by atoms with Crippen molar-refractivity contribution < 1.29 is 27.7 Å². The average molecular weight is 111 g/mol. The van der Waals surface area contributed by atoms with Gasteiger partial charge in [-0.05, 0) is 0 Å². The SMILES string of the molecule is C.O.O.[Co]. The van der Waals surface area contributed by atoms with Crippen molar-refractivity contribution in [3.05, 3.63) is 0 Å². The summed E-state index contributed by atoms with van der Waals surface area (Å²) in [5.74, 6) is 0. The van der Waals surface area contributed by atoms with E-state index in [1.807, 2.05) is 0 Å². The van der Waals surface area contributed by atoms with E-state index < -0.39 is 0 Å².